The Bertz CT molecular complexity index is 866. The van der Waals surface area contributed by atoms with Crippen molar-refractivity contribution in [3.63, 3.8) is 0 Å². The lowest BCUT2D eigenvalue weighted by molar-refractivity contribution is 0.101. The van der Waals surface area contributed by atoms with Crippen LogP contribution in [0.3, 0.4) is 0 Å². The molecule has 3 aromatic heterocycles. The summed E-state index contributed by atoms with van der Waals surface area (Å²) in [7, 11) is 0. The number of rotatable bonds is 3. The molecule has 1 N–H and O–H groups in total. The molecule has 0 aliphatic rings. The second kappa shape index (κ2) is 5.57. The molecular formula is C15H15BrN4O2. The Morgan fingerprint density at radius 3 is 2.82 bits per heavy atom. The van der Waals surface area contributed by atoms with E-state index in [9.17, 15) is 4.79 Å². The largest absolute Gasteiger partial charge is 0.360 e. The van der Waals surface area contributed by atoms with Crippen LogP contribution >= 0.6 is 15.9 Å². The summed E-state index contributed by atoms with van der Waals surface area (Å²) in [6, 6.07) is 3.65. The number of nitrogens with zero attached hydrogens (tertiary/aromatic N) is 3. The maximum atomic E-state index is 12.6. The zero-order valence-electron chi connectivity index (χ0n) is 12.5. The lowest BCUT2D eigenvalue weighted by atomic mass is 10.2. The van der Waals surface area contributed by atoms with Crippen LogP contribution in [-0.4, -0.2) is 20.4 Å². The zero-order chi connectivity index (χ0) is 15.9. The van der Waals surface area contributed by atoms with Gasteiger partial charge in [0.1, 0.15) is 11.5 Å². The summed E-state index contributed by atoms with van der Waals surface area (Å²) < 4.78 is 7.64. The Hall–Kier alpha value is -2.15. The van der Waals surface area contributed by atoms with Gasteiger partial charge in [-0.2, -0.15) is 0 Å². The highest BCUT2D eigenvalue weighted by atomic mass is 79.9. The third kappa shape index (κ3) is 2.52. The van der Waals surface area contributed by atoms with E-state index in [0.717, 1.165) is 21.4 Å². The van der Waals surface area contributed by atoms with Gasteiger partial charge in [-0.25, -0.2) is 4.98 Å². The SMILES string of the molecule is CCc1nc2c(Br)cc(C)cn2c1C(=O)Nc1cc(C)on1. The van der Waals surface area contributed by atoms with E-state index in [1.807, 2.05) is 26.1 Å². The van der Waals surface area contributed by atoms with Crippen LogP contribution in [0.2, 0.25) is 0 Å². The van der Waals surface area contributed by atoms with Gasteiger partial charge in [-0.15, -0.1) is 0 Å². The summed E-state index contributed by atoms with van der Waals surface area (Å²) in [5.74, 6) is 0.782. The number of amides is 1. The highest BCUT2D eigenvalue weighted by Gasteiger charge is 2.20. The van der Waals surface area contributed by atoms with Gasteiger partial charge >= 0.3 is 0 Å². The smallest absolute Gasteiger partial charge is 0.275 e. The highest BCUT2D eigenvalue weighted by Crippen LogP contribution is 2.23. The number of halogens is 1. The molecule has 0 aliphatic carbocycles. The second-order valence-electron chi connectivity index (χ2n) is 5.10. The predicted molar refractivity (Wildman–Crippen MR) is 86.2 cm³/mol. The summed E-state index contributed by atoms with van der Waals surface area (Å²) in [4.78, 5) is 17.2. The van der Waals surface area contributed by atoms with E-state index < -0.39 is 0 Å². The van der Waals surface area contributed by atoms with Gasteiger partial charge in [-0.05, 0) is 47.8 Å². The molecule has 3 rings (SSSR count). The molecule has 0 radical (unpaired) electrons. The Balaban J connectivity index is 2.10. The first-order valence-electron chi connectivity index (χ1n) is 6.91. The number of pyridine rings is 1. The Morgan fingerprint density at radius 2 is 2.18 bits per heavy atom. The molecule has 0 aromatic carbocycles. The summed E-state index contributed by atoms with van der Waals surface area (Å²) in [6.07, 6.45) is 2.56. The molecule has 3 heterocycles. The summed E-state index contributed by atoms with van der Waals surface area (Å²) in [5, 5.41) is 6.54. The molecule has 0 aliphatic heterocycles. The average molecular weight is 363 g/mol. The fourth-order valence-electron chi connectivity index (χ4n) is 2.37. The number of imidazole rings is 1. The number of anilines is 1. The molecule has 0 saturated carbocycles. The number of hydrogen-bond acceptors (Lipinski definition) is 4. The molecule has 0 unspecified atom stereocenters. The number of hydrogen-bond donors (Lipinski definition) is 1. The van der Waals surface area contributed by atoms with E-state index in [0.29, 0.717) is 23.7 Å². The van der Waals surface area contributed by atoms with Gasteiger partial charge in [0.05, 0.1) is 10.2 Å². The molecule has 0 spiro atoms. The Kier molecular flexibility index (Phi) is 3.74. The molecule has 0 bridgehead atoms. The highest BCUT2D eigenvalue weighted by molar-refractivity contribution is 9.10. The van der Waals surface area contributed by atoms with Crippen LogP contribution in [0.4, 0.5) is 5.82 Å². The third-order valence-electron chi connectivity index (χ3n) is 3.30. The van der Waals surface area contributed by atoms with Crippen molar-refractivity contribution >= 4 is 33.3 Å². The topological polar surface area (TPSA) is 72.4 Å². The molecule has 0 fully saturated rings. The lowest BCUT2D eigenvalue weighted by Gasteiger charge is -2.05. The normalized spacial score (nSPS) is 11.1. The van der Waals surface area contributed by atoms with E-state index in [-0.39, 0.29) is 5.91 Å². The van der Waals surface area contributed by atoms with Crippen LogP contribution in [0.25, 0.3) is 5.65 Å². The number of carbonyl (C=O) groups excluding carboxylic acids is 1. The van der Waals surface area contributed by atoms with Gasteiger partial charge in [0.25, 0.3) is 5.91 Å². The molecule has 0 atom stereocenters. The molecule has 1 amide bonds. The first-order valence-corrected chi connectivity index (χ1v) is 7.70. The van der Waals surface area contributed by atoms with Crippen LogP contribution < -0.4 is 5.32 Å². The van der Waals surface area contributed by atoms with Crippen molar-refractivity contribution in [3.8, 4) is 0 Å². The molecular weight excluding hydrogens is 348 g/mol. The minimum atomic E-state index is -0.254. The molecule has 3 aromatic rings. The Labute approximate surface area is 135 Å². The summed E-state index contributed by atoms with van der Waals surface area (Å²) in [6.45, 7) is 5.72. The fourth-order valence-corrected chi connectivity index (χ4v) is 3.01. The van der Waals surface area contributed by atoms with Crippen molar-refractivity contribution < 1.29 is 9.32 Å². The molecule has 7 heteroatoms. The predicted octanol–water partition coefficient (Wildman–Crippen LogP) is 3.52. The maximum Gasteiger partial charge on any atom is 0.275 e. The van der Waals surface area contributed by atoms with E-state index >= 15 is 0 Å². The summed E-state index contributed by atoms with van der Waals surface area (Å²) >= 11 is 3.50. The number of nitrogens with one attached hydrogen (secondary N) is 1. The van der Waals surface area contributed by atoms with Crippen LogP contribution in [-0.2, 0) is 6.42 Å². The number of aromatic nitrogens is 3. The van der Waals surface area contributed by atoms with Crippen LogP contribution in [0, 0.1) is 13.8 Å². The third-order valence-corrected chi connectivity index (χ3v) is 3.89. The molecule has 6 nitrogen and oxygen atoms in total. The fraction of sp³-hybridized carbons (Fsp3) is 0.267. The molecule has 22 heavy (non-hydrogen) atoms. The number of aryl methyl sites for hydroxylation is 3. The van der Waals surface area contributed by atoms with Crippen molar-refractivity contribution in [3.05, 3.63) is 45.5 Å². The zero-order valence-corrected chi connectivity index (χ0v) is 14.1. The van der Waals surface area contributed by atoms with Crippen LogP contribution in [0.5, 0.6) is 0 Å². The minimum absolute atomic E-state index is 0.254. The summed E-state index contributed by atoms with van der Waals surface area (Å²) in [5.41, 5.74) is 3.02. The van der Waals surface area contributed by atoms with Crippen molar-refractivity contribution in [2.45, 2.75) is 27.2 Å². The van der Waals surface area contributed by atoms with Gasteiger partial charge in [0.2, 0.25) is 0 Å². The number of carbonyl (C=O) groups is 1. The first kappa shape index (κ1) is 14.8. The van der Waals surface area contributed by atoms with Crippen molar-refractivity contribution in [2.24, 2.45) is 0 Å². The molecule has 0 saturated heterocycles. The minimum Gasteiger partial charge on any atom is -0.360 e. The van der Waals surface area contributed by atoms with Gasteiger partial charge in [-0.3, -0.25) is 9.20 Å². The van der Waals surface area contributed by atoms with E-state index in [1.165, 1.54) is 0 Å². The standard InChI is InChI=1S/C15H15BrN4O2/c1-4-11-13(15(21)18-12-6-9(3)22-19-12)20-7-8(2)5-10(16)14(20)17-11/h5-7H,4H2,1-3H3,(H,18,19,21). The second-order valence-corrected chi connectivity index (χ2v) is 5.95. The van der Waals surface area contributed by atoms with Crippen molar-refractivity contribution in [1.82, 2.24) is 14.5 Å². The van der Waals surface area contributed by atoms with Gasteiger partial charge < -0.3 is 9.84 Å². The van der Waals surface area contributed by atoms with Crippen molar-refractivity contribution in [2.75, 3.05) is 5.32 Å². The Morgan fingerprint density at radius 1 is 1.41 bits per heavy atom. The van der Waals surface area contributed by atoms with E-state index in [4.69, 9.17) is 4.52 Å². The van der Waals surface area contributed by atoms with Gasteiger partial charge in [0, 0.05) is 12.3 Å². The van der Waals surface area contributed by atoms with Crippen LogP contribution in [0.15, 0.2) is 27.3 Å². The van der Waals surface area contributed by atoms with Gasteiger partial charge in [0.15, 0.2) is 11.5 Å². The van der Waals surface area contributed by atoms with Crippen molar-refractivity contribution in [1.29, 1.82) is 0 Å². The maximum absolute atomic E-state index is 12.6. The van der Waals surface area contributed by atoms with E-state index in [1.54, 1.807) is 17.4 Å². The first-order chi connectivity index (χ1) is 10.5. The molecule has 114 valence electrons. The lowest BCUT2D eigenvalue weighted by Crippen LogP contribution is -2.16. The quantitative estimate of drug-likeness (QED) is 0.773. The number of fused-ring (bicyclic) bond motifs is 1. The van der Waals surface area contributed by atoms with Crippen LogP contribution in [0.1, 0.15) is 34.4 Å². The van der Waals surface area contributed by atoms with E-state index in [2.05, 4.69) is 31.4 Å². The average Bonchev–Trinajstić information content (AvgIpc) is 3.02. The monoisotopic (exact) mass is 362 g/mol. The van der Waals surface area contributed by atoms with Gasteiger partial charge in [-0.1, -0.05) is 12.1 Å².